The maximum atomic E-state index is 12.5. The van der Waals surface area contributed by atoms with Crippen molar-refractivity contribution in [1.29, 1.82) is 0 Å². The van der Waals surface area contributed by atoms with E-state index in [-0.39, 0.29) is 24.1 Å². The van der Waals surface area contributed by atoms with E-state index < -0.39 is 0 Å². The van der Waals surface area contributed by atoms with E-state index >= 15 is 0 Å². The fourth-order valence-electron chi connectivity index (χ4n) is 2.76. The first-order valence-electron chi connectivity index (χ1n) is 9.48. The Kier molecular flexibility index (Phi) is 7.96. The number of nitrogens with zero attached hydrogens (tertiary/aromatic N) is 3. The van der Waals surface area contributed by atoms with Crippen LogP contribution in [0.3, 0.4) is 0 Å². The monoisotopic (exact) mass is 475 g/mol. The highest BCUT2D eigenvalue weighted by Gasteiger charge is 2.14. The molecule has 0 aliphatic heterocycles. The van der Waals surface area contributed by atoms with Crippen LogP contribution in [0.4, 0.5) is 5.69 Å². The van der Waals surface area contributed by atoms with Gasteiger partial charge in [-0.25, -0.2) is 0 Å². The van der Waals surface area contributed by atoms with Gasteiger partial charge in [0.15, 0.2) is 22.5 Å². The highest BCUT2D eigenvalue weighted by molar-refractivity contribution is 7.99. The van der Waals surface area contributed by atoms with Crippen molar-refractivity contribution in [1.82, 2.24) is 20.1 Å². The van der Waals surface area contributed by atoms with Gasteiger partial charge in [-0.1, -0.05) is 29.4 Å². The first kappa shape index (κ1) is 23.4. The standard InChI is InChI=1S/C21H22ClN5O4S/c1-27-18(11-23-20(29)13-7-8-16(30-2)17(9-13)31-3)25-26-21(27)32-12-19(28)24-15-6-4-5-14(22)10-15/h4-10H,11-12H2,1-3H3,(H,23,29)(H,24,28). The maximum absolute atomic E-state index is 12.5. The Morgan fingerprint density at radius 2 is 1.88 bits per heavy atom. The lowest BCUT2D eigenvalue weighted by molar-refractivity contribution is -0.113. The van der Waals surface area contributed by atoms with Crippen molar-refractivity contribution in [2.75, 3.05) is 25.3 Å². The molecule has 3 rings (SSSR count). The van der Waals surface area contributed by atoms with Crippen LogP contribution in [0.1, 0.15) is 16.2 Å². The van der Waals surface area contributed by atoms with Gasteiger partial charge in [0.1, 0.15) is 0 Å². The molecule has 0 unspecified atom stereocenters. The third kappa shape index (κ3) is 5.92. The lowest BCUT2D eigenvalue weighted by Crippen LogP contribution is -2.24. The number of hydrogen-bond donors (Lipinski definition) is 2. The highest BCUT2D eigenvalue weighted by Crippen LogP contribution is 2.27. The molecule has 1 heterocycles. The third-order valence-corrected chi connectivity index (χ3v) is 5.67. The molecule has 0 fully saturated rings. The molecule has 0 spiro atoms. The maximum Gasteiger partial charge on any atom is 0.251 e. The minimum atomic E-state index is -0.288. The van der Waals surface area contributed by atoms with E-state index in [9.17, 15) is 9.59 Å². The van der Waals surface area contributed by atoms with Gasteiger partial charge in [0, 0.05) is 23.3 Å². The molecule has 2 amide bonds. The Morgan fingerprint density at radius 1 is 1.09 bits per heavy atom. The van der Waals surface area contributed by atoms with Gasteiger partial charge in [-0.05, 0) is 36.4 Å². The van der Waals surface area contributed by atoms with Gasteiger partial charge < -0.3 is 24.7 Å². The number of carbonyl (C=O) groups excluding carboxylic acids is 2. The number of anilines is 1. The van der Waals surface area contributed by atoms with Crippen LogP contribution in [0.25, 0.3) is 0 Å². The molecule has 11 heteroatoms. The van der Waals surface area contributed by atoms with Crippen LogP contribution in [0.2, 0.25) is 5.02 Å². The van der Waals surface area contributed by atoms with Gasteiger partial charge in [-0.3, -0.25) is 9.59 Å². The normalized spacial score (nSPS) is 10.5. The number of hydrogen-bond acceptors (Lipinski definition) is 7. The Bertz CT molecular complexity index is 1120. The smallest absolute Gasteiger partial charge is 0.251 e. The van der Waals surface area contributed by atoms with Crippen molar-refractivity contribution >= 4 is 40.9 Å². The summed E-state index contributed by atoms with van der Waals surface area (Å²) in [4.78, 5) is 24.7. The second-order valence-electron chi connectivity index (χ2n) is 6.56. The van der Waals surface area contributed by atoms with Crippen molar-refractivity contribution < 1.29 is 19.1 Å². The van der Waals surface area contributed by atoms with Crippen LogP contribution in [-0.4, -0.2) is 46.6 Å². The van der Waals surface area contributed by atoms with Crippen molar-refractivity contribution in [2.45, 2.75) is 11.7 Å². The van der Waals surface area contributed by atoms with Crippen LogP contribution in [0.5, 0.6) is 11.5 Å². The lowest BCUT2D eigenvalue weighted by Gasteiger charge is -2.10. The summed E-state index contributed by atoms with van der Waals surface area (Å²) in [6.07, 6.45) is 0. The van der Waals surface area contributed by atoms with Gasteiger partial charge in [0.2, 0.25) is 5.91 Å². The zero-order valence-corrected chi connectivity index (χ0v) is 19.3. The molecular weight excluding hydrogens is 454 g/mol. The molecule has 0 radical (unpaired) electrons. The number of ether oxygens (including phenoxy) is 2. The number of nitrogens with one attached hydrogen (secondary N) is 2. The van der Waals surface area contributed by atoms with Crippen LogP contribution >= 0.6 is 23.4 Å². The van der Waals surface area contributed by atoms with E-state index in [0.29, 0.717) is 38.8 Å². The molecule has 3 aromatic rings. The number of carbonyl (C=O) groups is 2. The van der Waals surface area contributed by atoms with Crippen LogP contribution in [0, 0.1) is 0 Å². The number of thioether (sulfide) groups is 1. The van der Waals surface area contributed by atoms with Crippen LogP contribution in [-0.2, 0) is 18.4 Å². The number of benzene rings is 2. The first-order valence-corrected chi connectivity index (χ1v) is 10.8. The molecular formula is C21H22ClN5O4S. The average Bonchev–Trinajstić information content (AvgIpc) is 3.14. The summed E-state index contributed by atoms with van der Waals surface area (Å²) in [6, 6.07) is 11.8. The minimum Gasteiger partial charge on any atom is -0.493 e. The zero-order valence-electron chi connectivity index (χ0n) is 17.7. The largest absolute Gasteiger partial charge is 0.493 e. The number of aromatic nitrogens is 3. The summed E-state index contributed by atoms with van der Waals surface area (Å²) < 4.78 is 12.1. The predicted octanol–water partition coefficient (Wildman–Crippen LogP) is 3.15. The lowest BCUT2D eigenvalue weighted by atomic mass is 10.2. The Hall–Kier alpha value is -3.24. The summed E-state index contributed by atoms with van der Waals surface area (Å²) in [7, 11) is 4.81. The van der Waals surface area contributed by atoms with Gasteiger partial charge in [-0.2, -0.15) is 0 Å². The average molecular weight is 476 g/mol. The number of halogens is 1. The number of methoxy groups -OCH3 is 2. The van der Waals surface area contributed by atoms with E-state index in [1.807, 2.05) is 0 Å². The minimum absolute atomic E-state index is 0.149. The van der Waals surface area contributed by atoms with Crippen LogP contribution < -0.4 is 20.1 Å². The molecule has 0 saturated heterocycles. The second-order valence-corrected chi connectivity index (χ2v) is 7.94. The molecule has 0 aliphatic rings. The second kappa shape index (κ2) is 10.9. The Balaban J connectivity index is 1.54. The van der Waals surface area contributed by atoms with Crippen LogP contribution in [0.15, 0.2) is 47.6 Å². The van der Waals surface area contributed by atoms with E-state index in [1.54, 1.807) is 54.1 Å². The van der Waals surface area contributed by atoms with Crippen molar-refractivity contribution in [2.24, 2.45) is 7.05 Å². The molecule has 168 valence electrons. The molecule has 0 saturated carbocycles. The summed E-state index contributed by atoms with van der Waals surface area (Å²) in [5.41, 5.74) is 1.05. The SMILES string of the molecule is COc1ccc(C(=O)NCc2nnc(SCC(=O)Nc3cccc(Cl)c3)n2C)cc1OC. The van der Waals surface area contributed by atoms with Crippen molar-refractivity contribution in [3.63, 3.8) is 0 Å². The van der Waals surface area contributed by atoms with Gasteiger partial charge >= 0.3 is 0 Å². The summed E-state index contributed by atoms with van der Waals surface area (Å²) in [6.45, 7) is 0.173. The van der Waals surface area contributed by atoms with E-state index in [0.717, 1.165) is 0 Å². The number of rotatable bonds is 9. The Morgan fingerprint density at radius 3 is 2.59 bits per heavy atom. The zero-order chi connectivity index (χ0) is 23.1. The van der Waals surface area contributed by atoms with Gasteiger partial charge in [0.25, 0.3) is 5.91 Å². The molecule has 32 heavy (non-hydrogen) atoms. The summed E-state index contributed by atoms with van der Waals surface area (Å²) in [5.74, 6) is 1.23. The van der Waals surface area contributed by atoms with E-state index in [4.69, 9.17) is 21.1 Å². The quantitative estimate of drug-likeness (QED) is 0.458. The third-order valence-electron chi connectivity index (χ3n) is 4.42. The first-order chi connectivity index (χ1) is 15.4. The topological polar surface area (TPSA) is 107 Å². The molecule has 2 N–H and O–H groups in total. The molecule has 0 bridgehead atoms. The van der Waals surface area contributed by atoms with E-state index in [1.165, 1.54) is 26.0 Å². The van der Waals surface area contributed by atoms with E-state index in [2.05, 4.69) is 20.8 Å². The highest BCUT2D eigenvalue weighted by atomic mass is 35.5. The van der Waals surface area contributed by atoms with Crippen molar-refractivity contribution in [3.05, 3.63) is 58.9 Å². The molecule has 1 aromatic heterocycles. The summed E-state index contributed by atoms with van der Waals surface area (Å²) >= 11 is 7.16. The van der Waals surface area contributed by atoms with Gasteiger partial charge in [-0.15, -0.1) is 10.2 Å². The predicted molar refractivity (Wildman–Crippen MR) is 123 cm³/mol. The molecule has 9 nitrogen and oxygen atoms in total. The van der Waals surface area contributed by atoms with Gasteiger partial charge in [0.05, 0.1) is 26.5 Å². The van der Waals surface area contributed by atoms with Crippen molar-refractivity contribution in [3.8, 4) is 11.5 Å². The molecule has 0 atom stereocenters. The summed E-state index contributed by atoms with van der Waals surface area (Å²) in [5, 5.41) is 14.9. The molecule has 0 aliphatic carbocycles. The fraction of sp³-hybridized carbons (Fsp3) is 0.238. The molecule has 2 aromatic carbocycles. The number of amides is 2. The fourth-order valence-corrected chi connectivity index (χ4v) is 3.68. The Labute approximate surface area is 194 Å².